The molecule has 9 heteroatoms. The van der Waals surface area contributed by atoms with Crippen LogP contribution in [0.15, 0.2) is 42.7 Å². The zero-order valence-corrected chi connectivity index (χ0v) is 15.0. The number of fused-ring (bicyclic) bond motifs is 1. The number of carbonyl (C=O) groups is 1. The molecular formula is C18H16ClN5O3. The number of rotatable bonds is 5. The van der Waals surface area contributed by atoms with E-state index in [1.165, 1.54) is 11.0 Å². The average molecular weight is 386 g/mol. The largest absolute Gasteiger partial charge is 0.486 e. The van der Waals surface area contributed by atoms with Gasteiger partial charge in [-0.1, -0.05) is 23.7 Å². The van der Waals surface area contributed by atoms with Gasteiger partial charge in [0.2, 0.25) is 0 Å². The molecule has 0 saturated heterocycles. The fourth-order valence-electron chi connectivity index (χ4n) is 2.86. The highest BCUT2D eigenvalue weighted by Crippen LogP contribution is 2.38. The summed E-state index contributed by atoms with van der Waals surface area (Å²) in [6.45, 7) is 1.43. The van der Waals surface area contributed by atoms with Crippen LogP contribution in [0.25, 0.3) is 5.69 Å². The molecule has 3 aromatic rings. The zero-order valence-electron chi connectivity index (χ0n) is 14.3. The van der Waals surface area contributed by atoms with Gasteiger partial charge in [-0.15, -0.1) is 5.10 Å². The summed E-state index contributed by atoms with van der Waals surface area (Å²) in [6, 6.07) is 10.9. The Morgan fingerprint density at radius 1 is 1.22 bits per heavy atom. The van der Waals surface area contributed by atoms with Crippen molar-refractivity contribution in [2.24, 2.45) is 0 Å². The lowest BCUT2D eigenvalue weighted by Crippen LogP contribution is -2.27. The minimum atomic E-state index is -0.204. The summed E-state index contributed by atoms with van der Waals surface area (Å²) in [5.74, 6) is 1.01. The highest BCUT2D eigenvalue weighted by Gasteiger charge is 2.17. The van der Waals surface area contributed by atoms with Gasteiger partial charge in [-0.25, -0.2) is 0 Å². The number of ether oxygens (including phenoxy) is 2. The number of aromatic nitrogens is 4. The normalized spacial score (nSPS) is 12.6. The van der Waals surface area contributed by atoms with E-state index in [9.17, 15) is 4.79 Å². The van der Waals surface area contributed by atoms with Gasteiger partial charge in [0.15, 0.2) is 11.5 Å². The average Bonchev–Trinajstić information content (AvgIpc) is 3.23. The molecule has 0 aliphatic carbocycles. The lowest BCUT2D eigenvalue weighted by molar-refractivity contribution is 0.0954. The monoisotopic (exact) mass is 385 g/mol. The Morgan fingerprint density at radius 2 is 2.07 bits per heavy atom. The Bertz CT molecular complexity index is 962. The van der Waals surface area contributed by atoms with Crippen molar-refractivity contribution in [1.82, 2.24) is 25.5 Å². The fourth-order valence-corrected chi connectivity index (χ4v) is 3.15. The van der Waals surface area contributed by atoms with Crippen molar-refractivity contribution in [2.75, 3.05) is 19.8 Å². The number of halogens is 1. The molecule has 2 heterocycles. The number of carbonyl (C=O) groups excluding carboxylic acids is 1. The highest BCUT2D eigenvalue weighted by molar-refractivity contribution is 6.32. The van der Waals surface area contributed by atoms with Gasteiger partial charge in [-0.3, -0.25) is 4.79 Å². The van der Waals surface area contributed by atoms with Crippen LogP contribution in [0.5, 0.6) is 11.5 Å². The van der Waals surface area contributed by atoms with Crippen LogP contribution in [0, 0.1) is 0 Å². The number of nitrogens with zero attached hydrogens (tertiary/aromatic N) is 4. The standard InChI is InChI=1S/C18H16ClN5O3/c19-14-9-12(10-16-17(14)27-8-7-26-16)5-6-20-18(25)13-3-1-2-4-15(13)24-11-21-22-23-24/h1-4,9-11H,5-8H2,(H,20,25). The van der Waals surface area contributed by atoms with Crippen LogP contribution in [0.2, 0.25) is 5.02 Å². The molecule has 1 N–H and O–H groups in total. The third kappa shape index (κ3) is 3.70. The Hall–Kier alpha value is -3.13. The van der Waals surface area contributed by atoms with Crippen LogP contribution >= 0.6 is 11.6 Å². The molecule has 1 aromatic heterocycles. The molecule has 1 aliphatic rings. The summed E-state index contributed by atoms with van der Waals surface area (Å²) >= 11 is 6.25. The zero-order chi connectivity index (χ0) is 18.6. The van der Waals surface area contributed by atoms with Crippen molar-refractivity contribution in [3.8, 4) is 17.2 Å². The highest BCUT2D eigenvalue weighted by atomic mass is 35.5. The van der Waals surface area contributed by atoms with E-state index < -0.39 is 0 Å². The first-order valence-electron chi connectivity index (χ1n) is 8.41. The number of benzene rings is 2. The minimum Gasteiger partial charge on any atom is -0.486 e. The summed E-state index contributed by atoms with van der Waals surface area (Å²) < 4.78 is 12.5. The van der Waals surface area contributed by atoms with Gasteiger partial charge >= 0.3 is 0 Å². The summed E-state index contributed by atoms with van der Waals surface area (Å²) in [5.41, 5.74) is 2.06. The van der Waals surface area contributed by atoms with E-state index in [1.54, 1.807) is 18.2 Å². The summed E-state index contributed by atoms with van der Waals surface area (Å²) in [5, 5.41) is 14.5. The van der Waals surface area contributed by atoms with Gasteiger partial charge in [-0.05, 0) is 46.7 Å². The molecule has 27 heavy (non-hydrogen) atoms. The number of hydrogen-bond acceptors (Lipinski definition) is 6. The summed E-state index contributed by atoms with van der Waals surface area (Å²) in [7, 11) is 0. The van der Waals surface area contributed by atoms with E-state index in [0.29, 0.717) is 54.0 Å². The molecule has 1 aliphatic heterocycles. The third-order valence-corrected chi connectivity index (χ3v) is 4.38. The summed E-state index contributed by atoms with van der Waals surface area (Å²) in [4.78, 5) is 12.6. The molecule has 0 fully saturated rings. The fraction of sp³-hybridized carbons (Fsp3) is 0.222. The maximum absolute atomic E-state index is 12.6. The first-order valence-corrected chi connectivity index (χ1v) is 8.79. The number of tetrazole rings is 1. The quantitative estimate of drug-likeness (QED) is 0.722. The van der Waals surface area contributed by atoms with E-state index in [-0.39, 0.29) is 5.91 Å². The second-order valence-electron chi connectivity index (χ2n) is 5.88. The SMILES string of the molecule is O=C(NCCc1cc(Cl)c2c(c1)OCCO2)c1ccccc1-n1cnnn1. The number of nitrogens with one attached hydrogen (secondary N) is 1. The molecule has 0 saturated carbocycles. The smallest absolute Gasteiger partial charge is 0.253 e. The molecular weight excluding hydrogens is 370 g/mol. The molecule has 0 bridgehead atoms. The van der Waals surface area contributed by atoms with Crippen LogP contribution in [0.4, 0.5) is 0 Å². The van der Waals surface area contributed by atoms with Crippen molar-refractivity contribution < 1.29 is 14.3 Å². The number of amides is 1. The molecule has 0 spiro atoms. The predicted octanol–water partition coefficient (Wildman–Crippen LogP) is 2.06. The van der Waals surface area contributed by atoms with Crippen molar-refractivity contribution in [3.63, 3.8) is 0 Å². The first kappa shape index (κ1) is 17.3. The molecule has 0 unspecified atom stereocenters. The van der Waals surface area contributed by atoms with Crippen molar-refractivity contribution in [2.45, 2.75) is 6.42 Å². The molecule has 0 atom stereocenters. The Balaban J connectivity index is 1.43. The van der Waals surface area contributed by atoms with Gasteiger partial charge in [-0.2, -0.15) is 4.68 Å². The molecule has 4 rings (SSSR count). The second kappa shape index (κ2) is 7.63. The van der Waals surface area contributed by atoms with E-state index in [4.69, 9.17) is 21.1 Å². The summed E-state index contributed by atoms with van der Waals surface area (Å²) in [6.07, 6.45) is 2.05. The van der Waals surface area contributed by atoms with Gasteiger partial charge in [0.25, 0.3) is 5.91 Å². The lowest BCUT2D eigenvalue weighted by atomic mass is 10.1. The third-order valence-electron chi connectivity index (χ3n) is 4.10. The predicted molar refractivity (Wildman–Crippen MR) is 97.6 cm³/mol. The van der Waals surface area contributed by atoms with Crippen LogP contribution in [-0.4, -0.2) is 45.9 Å². The maximum atomic E-state index is 12.6. The van der Waals surface area contributed by atoms with Gasteiger partial charge in [0.1, 0.15) is 19.5 Å². The maximum Gasteiger partial charge on any atom is 0.253 e. The molecule has 1 amide bonds. The van der Waals surface area contributed by atoms with Crippen molar-refractivity contribution in [1.29, 1.82) is 0 Å². The van der Waals surface area contributed by atoms with Crippen molar-refractivity contribution in [3.05, 3.63) is 58.9 Å². The Labute approximate surface area is 160 Å². The van der Waals surface area contributed by atoms with Crippen LogP contribution in [0.3, 0.4) is 0 Å². The number of hydrogen-bond donors (Lipinski definition) is 1. The van der Waals surface area contributed by atoms with E-state index in [1.807, 2.05) is 18.2 Å². The molecule has 2 aromatic carbocycles. The molecule has 138 valence electrons. The van der Waals surface area contributed by atoms with E-state index >= 15 is 0 Å². The number of para-hydroxylation sites is 1. The minimum absolute atomic E-state index is 0.204. The van der Waals surface area contributed by atoms with Gasteiger partial charge in [0.05, 0.1) is 16.3 Å². The Kier molecular flexibility index (Phi) is 4.88. The Morgan fingerprint density at radius 3 is 2.93 bits per heavy atom. The molecule has 0 radical (unpaired) electrons. The van der Waals surface area contributed by atoms with Gasteiger partial charge in [0, 0.05) is 6.54 Å². The van der Waals surface area contributed by atoms with Gasteiger partial charge < -0.3 is 14.8 Å². The lowest BCUT2D eigenvalue weighted by Gasteiger charge is -2.20. The first-order chi connectivity index (χ1) is 13.2. The van der Waals surface area contributed by atoms with Crippen molar-refractivity contribution >= 4 is 17.5 Å². The molecule has 8 nitrogen and oxygen atoms in total. The second-order valence-corrected chi connectivity index (χ2v) is 6.29. The topological polar surface area (TPSA) is 91.2 Å². The van der Waals surface area contributed by atoms with E-state index in [0.717, 1.165) is 5.56 Å². The van der Waals surface area contributed by atoms with Crippen LogP contribution in [-0.2, 0) is 6.42 Å². The van der Waals surface area contributed by atoms with Crippen LogP contribution in [0.1, 0.15) is 15.9 Å². The van der Waals surface area contributed by atoms with E-state index in [2.05, 4.69) is 20.8 Å². The van der Waals surface area contributed by atoms with Crippen LogP contribution < -0.4 is 14.8 Å².